The zero-order chi connectivity index (χ0) is 7.71. The van der Waals surface area contributed by atoms with E-state index in [4.69, 9.17) is 14.3 Å². The molecule has 0 heterocycles. The van der Waals surface area contributed by atoms with Crippen LogP contribution in [0.2, 0.25) is 0 Å². The molecule has 17 heteroatoms. The minimum atomic E-state index is -5.13. The van der Waals surface area contributed by atoms with E-state index in [2.05, 4.69) is 3.97 Å². The van der Waals surface area contributed by atoms with Crippen LogP contribution in [0.5, 0.6) is 0 Å². The molecule has 0 fully saturated rings. The van der Waals surface area contributed by atoms with Crippen LogP contribution in [0, 0.1) is 0 Å². The van der Waals surface area contributed by atoms with Crippen molar-refractivity contribution in [3.8, 4) is 0 Å². The van der Waals surface area contributed by atoms with E-state index in [-0.39, 0.29) is 64.2 Å². The second-order valence-corrected chi connectivity index (χ2v) is 3.43. The van der Waals surface area contributed by atoms with Crippen LogP contribution in [-0.4, -0.2) is 84.1 Å². The smallest absolute Gasteiger partial charge is 1.00 e. The zero-order valence-corrected chi connectivity index (χ0v) is 11.2. The van der Waals surface area contributed by atoms with Gasteiger partial charge in [-0.15, -0.1) is 3.97 Å². The Hall–Kier alpha value is 0.506. The predicted octanol–water partition coefficient (Wildman–Crippen LogP) is -7.03. The molecule has 0 atom stereocenters. The van der Waals surface area contributed by atoms with E-state index in [0.717, 1.165) is 0 Å². The van der Waals surface area contributed by atoms with Crippen LogP contribution in [0.4, 0.5) is 0 Å². The molecule has 0 aliphatic carbocycles. The van der Waals surface area contributed by atoms with E-state index < -0.39 is 18.2 Å². The Morgan fingerprint density at radius 3 is 1.06 bits per heavy atom. The molecule has 0 aliphatic heterocycles. The molecule has 0 aromatic rings. The van der Waals surface area contributed by atoms with Crippen molar-refractivity contribution in [2.24, 2.45) is 0 Å². The van der Waals surface area contributed by atoms with Gasteiger partial charge in [-0.2, -0.15) is 8.42 Å². The predicted molar refractivity (Wildman–Crippen MR) is 58.0 cm³/mol. The summed E-state index contributed by atoms with van der Waals surface area (Å²) in [7, 11) is -10.2. The van der Waals surface area contributed by atoms with Gasteiger partial charge in [0.25, 0.3) is 0 Å². The van der Waals surface area contributed by atoms with Crippen LogP contribution >= 0.6 is 7.82 Å². The Kier molecular flexibility index (Phi) is 84.4. The maximum Gasteiger partial charge on any atom is 2.00 e. The van der Waals surface area contributed by atoms with Crippen molar-refractivity contribution in [2.75, 3.05) is 0 Å². The van der Waals surface area contributed by atoms with Gasteiger partial charge in [-0.1, -0.05) is 0 Å². The van der Waals surface area contributed by atoms with E-state index in [1.807, 2.05) is 0 Å². The Labute approximate surface area is 114 Å². The first-order valence-electron chi connectivity index (χ1n) is 1.45. The summed E-state index contributed by atoms with van der Waals surface area (Å²) >= 11 is 0. The van der Waals surface area contributed by atoms with Crippen molar-refractivity contribution in [1.82, 2.24) is 0 Å². The molecule has 0 aromatic heterocycles. The van der Waals surface area contributed by atoms with Crippen LogP contribution in [0.15, 0.2) is 0 Å². The van der Waals surface area contributed by atoms with Gasteiger partial charge < -0.3 is 51.0 Å². The summed E-state index contributed by atoms with van der Waals surface area (Å²) in [5.41, 5.74) is 0. The standard InChI is InChI=1S/Mg.H3O7PS.7H2O.2H/c;1-8(2,3)7-9(4,5)6;;;;;;;;;/h;(H2,1,2,3)(H,4,5,6);7*1H2;;/q+2;;;;;;;;;2*-1. The average Bonchev–Trinajstić information content (AvgIpc) is 1.14. The largest absolute Gasteiger partial charge is 2.00 e. The topological polar surface area (TPSA) is 342 Å². The maximum absolute atomic E-state index is 9.58. The van der Waals surface area contributed by atoms with Gasteiger partial charge in [0, 0.05) is 0 Å². The molecule has 0 aromatic carbocycles. The van der Waals surface area contributed by atoms with Crippen molar-refractivity contribution in [3.05, 3.63) is 0 Å². The van der Waals surface area contributed by atoms with E-state index >= 15 is 0 Å². The molecule has 0 spiro atoms. The summed E-state index contributed by atoms with van der Waals surface area (Å²) < 4.78 is 39.0. The van der Waals surface area contributed by atoms with E-state index in [1.165, 1.54) is 0 Å². The van der Waals surface area contributed by atoms with Crippen LogP contribution in [0.25, 0.3) is 0 Å². The molecule has 0 unspecified atom stereocenters. The maximum atomic E-state index is 9.58. The van der Waals surface area contributed by atoms with Crippen LogP contribution in [0.3, 0.4) is 0 Å². The van der Waals surface area contributed by atoms with Crippen molar-refractivity contribution in [1.29, 1.82) is 0 Å². The number of phosphoric acid groups is 1. The van der Waals surface area contributed by atoms with Gasteiger partial charge in [-0.3, -0.25) is 4.55 Å². The molecule has 0 bridgehead atoms. The third-order valence-electron chi connectivity index (χ3n) is 0.191. The van der Waals surface area contributed by atoms with Crippen LogP contribution in [-0.2, 0) is 18.9 Å². The summed E-state index contributed by atoms with van der Waals surface area (Å²) in [6.07, 6.45) is 0. The van der Waals surface area contributed by atoms with Gasteiger partial charge in [0.1, 0.15) is 0 Å². The molecule has 0 saturated carbocycles. The van der Waals surface area contributed by atoms with Gasteiger partial charge in [-0.05, 0) is 0 Å². The fourth-order valence-corrected chi connectivity index (χ4v) is 1.10. The molecule has 116 valence electrons. The second kappa shape index (κ2) is 21.8. The monoisotopic (exact) mass is 330 g/mol. The third kappa shape index (κ3) is 82.1. The minimum absolute atomic E-state index is 0. The van der Waals surface area contributed by atoms with Crippen molar-refractivity contribution in [3.63, 3.8) is 0 Å². The molecule has 17 N–H and O–H groups in total. The fourth-order valence-electron chi connectivity index (χ4n) is 0.123. The van der Waals surface area contributed by atoms with E-state index in [1.54, 1.807) is 0 Å². The summed E-state index contributed by atoms with van der Waals surface area (Å²) in [6.45, 7) is 0. The normalized spacial score (nSPS) is 7.24. The summed E-state index contributed by atoms with van der Waals surface area (Å²) in [6, 6.07) is 0. The zero-order valence-electron chi connectivity index (χ0n) is 10.0. The quantitative estimate of drug-likeness (QED) is 0.249. The third-order valence-corrected chi connectivity index (χ3v) is 1.72. The number of rotatable bonds is 2. The van der Waals surface area contributed by atoms with Gasteiger partial charge in [0.2, 0.25) is 0 Å². The summed E-state index contributed by atoms with van der Waals surface area (Å²) in [4.78, 5) is 15.4. The van der Waals surface area contributed by atoms with Crippen molar-refractivity contribution in [2.45, 2.75) is 0 Å². The molecular formula is H19MgO14PS. The van der Waals surface area contributed by atoms with Gasteiger partial charge >= 0.3 is 41.3 Å². The van der Waals surface area contributed by atoms with Crippen LogP contribution < -0.4 is 0 Å². The number of hydrogen-bond donors (Lipinski definition) is 3. The molecule has 0 radical (unpaired) electrons. The van der Waals surface area contributed by atoms with Crippen molar-refractivity contribution >= 4 is 41.3 Å². The SMILES string of the molecule is O.O.O.O.O.O.O.O=P(O)(O)OS(=O)(=O)O.[H-].[H-].[Mg+2]. The van der Waals surface area contributed by atoms with E-state index in [9.17, 15) is 13.0 Å². The number of hydrogen-bond acceptors (Lipinski definition) is 4. The first-order chi connectivity index (χ1) is 3.71. The van der Waals surface area contributed by atoms with Gasteiger partial charge in [0.15, 0.2) is 0 Å². The first-order valence-corrected chi connectivity index (χ1v) is 4.34. The summed E-state index contributed by atoms with van der Waals surface area (Å²) in [5, 5.41) is 0. The first kappa shape index (κ1) is 65.9. The summed E-state index contributed by atoms with van der Waals surface area (Å²) in [5.74, 6) is 0. The van der Waals surface area contributed by atoms with Crippen LogP contribution in [0.1, 0.15) is 2.85 Å². The molecule has 0 rings (SSSR count). The van der Waals surface area contributed by atoms with E-state index in [0.29, 0.717) is 0 Å². The Bertz CT molecular complexity index is 232. The molecule has 0 saturated heterocycles. The molecular weight excluding hydrogens is 311 g/mol. The molecule has 17 heavy (non-hydrogen) atoms. The second-order valence-electron chi connectivity index (χ2n) is 0.993. The minimum Gasteiger partial charge on any atom is -1.00 e. The molecule has 0 aliphatic rings. The Balaban J connectivity index is -0.00000000711. The molecule has 0 amide bonds. The van der Waals surface area contributed by atoms with Crippen molar-refractivity contribution < 1.29 is 72.5 Å². The fraction of sp³-hybridized carbons (Fsp3) is 0. The van der Waals surface area contributed by atoms with Gasteiger partial charge in [0.05, 0.1) is 0 Å². The molecule has 14 nitrogen and oxygen atoms in total. The Morgan fingerprint density at radius 2 is 1.06 bits per heavy atom. The van der Waals surface area contributed by atoms with Gasteiger partial charge in [-0.25, -0.2) is 4.57 Å². The average molecular weight is 330 g/mol. The Morgan fingerprint density at radius 1 is 0.882 bits per heavy atom.